The Morgan fingerprint density at radius 3 is 2.59 bits per heavy atom. The molecule has 0 radical (unpaired) electrons. The van der Waals surface area contributed by atoms with Crippen LogP contribution < -0.4 is 4.74 Å². The number of benzene rings is 2. The van der Waals surface area contributed by atoms with E-state index in [1.807, 2.05) is 42.5 Å². The third-order valence-corrected chi connectivity index (χ3v) is 5.99. The molecule has 1 aliphatic heterocycles. The highest BCUT2D eigenvalue weighted by Crippen LogP contribution is 2.34. The normalized spacial score (nSPS) is 15.5. The van der Waals surface area contributed by atoms with Gasteiger partial charge in [0.25, 0.3) is 11.1 Å². The van der Waals surface area contributed by atoms with Crippen LogP contribution in [0.1, 0.15) is 11.1 Å². The number of imide groups is 1. The molecule has 0 aromatic heterocycles. The summed E-state index contributed by atoms with van der Waals surface area (Å²) in [7, 11) is 0. The number of carbonyl (C=O) groups excluding carboxylic acids is 2. The Hall–Kier alpha value is -1.58. The lowest BCUT2D eigenvalue weighted by Crippen LogP contribution is -2.27. The molecular formula is C20H15BrINO3S. The molecule has 7 heteroatoms. The number of halogens is 2. The van der Waals surface area contributed by atoms with Gasteiger partial charge in [-0.15, -0.1) is 6.58 Å². The van der Waals surface area contributed by atoms with E-state index < -0.39 is 0 Å². The number of hydrogen-bond acceptors (Lipinski definition) is 4. The van der Waals surface area contributed by atoms with E-state index in [1.165, 1.54) is 14.5 Å². The van der Waals surface area contributed by atoms with Gasteiger partial charge in [-0.2, -0.15) is 0 Å². The number of ether oxygens (including phenoxy) is 1. The van der Waals surface area contributed by atoms with Crippen LogP contribution in [0.3, 0.4) is 0 Å². The van der Waals surface area contributed by atoms with Gasteiger partial charge in [0.2, 0.25) is 0 Å². The molecule has 0 saturated carbocycles. The molecule has 1 fully saturated rings. The Kier molecular flexibility index (Phi) is 6.78. The van der Waals surface area contributed by atoms with Crippen LogP contribution in [0.5, 0.6) is 5.75 Å². The highest BCUT2D eigenvalue weighted by molar-refractivity contribution is 14.1. The maximum atomic E-state index is 12.3. The molecule has 0 aliphatic carbocycles. The summed E-state index contributed by atoms with van der Waals surface area (Å²) in [5.41, 5.74) is 1.90. The monoisotopic (exact) mass is 555 g/mol. The zero-order valence-corrected chi connectivity index (χ0v) is 18.7. The Morgan fingerprint density at radius 2 is 1.93 bits per heavy atom. The quantitative estimate of drug-likeness (QED) is 0.255. The fraction of sp³-hybridized carbons (Fsp3) is 0.100. The molecule has 4 nitrogen and oxygen atoms in total. The van der Waals surface area contributed by atoms with E-state index in [2.05, 4.69) is 45.1 Å². The summed E-state index contributed by atoms with van der Waals surface area (Å²) in [6.45, 7) is 4.26. The molecule has 27 heavy (non-hydrogen) atoms. The van der Waals surface area contributed by atoms with E-state index in [-0.39, 0.29) is 17.7 Å². The second-order valence-electron chi connectivity index (χ2n) is 5.69. The molecule has 138 valence electrons. The summed E-state index contributed by atoms with van der Waals surface area (Å²) >= 11 is 6.71. The van der Waals surface area contributed by atoms with Crippen molar-refractivity contribution in [2.24, 2.45) is 0 Å². The number of thioether (sulfide) groups is 1. The highest BCUT2D eigenvalue weighted by Gasteiger charge is 2.34. The van der Waals surface area contributed by atoms with E-state index in [4.69, 9.17) is 4.74 Å². The average Bonchev–Trinajstić information content (AvgIpc) is 2.90. The van der Waals surface area contributed by atoms with Crippen LogP contribution in [-0.2, 0) is 11.4 Å². The summed E-state index contributed by atoms with van der Waals surface area (Å²) in [4.78, 5) is 25.7. The van der Waals surface area contributed by atoms with Crippen LogP contribution in [0, 0.1) is 3.57 Å². The van der Waals surface area contributed by atoms with Crippen LogP contribution in [0.4, 0.5) is 4.79 Å². The van der Waals surface area contributed by atoms with Gasteiger partial charge in [0.05, 0.1) is 9.38 Å². The van der Waals surface area contributed by atoms with Crippen LogP contribution >= 0.6 is 50.3 Å². The topological polar surface area (TPSA) is 46.6 Å². The smallest absolute Gasteiger partial charge is 0.293 e. The van der Waals surface area contributed by atoms with E-state index in [1.54, 1.807) is 6.08 Å². The van der Waals surface area contributed by atoms with Gasteiger partial charge in [-0.25, -0.2) is 0 Å². The van der Waals surface area contributed by atoms with E-state index in [9.17, 15) is 9.59 Å². The first-order valence-corrected chi connectivity index (χ1v) is 10.7. The summed E-state index contributed by atoms with van der Waals surface area (Å²) < 4.78 is 7.82. The van der Waals surface area contributed by atoms with Crippen molar-refractivity contribution in [2.75, 3.05) is 6.54 Å². The highest BCUT2D eigenvalue weighted by atomic mass is 127. The van der Waals surface area contributed by atoms with Gasteiger partial charge in [0.1, 0.15) is 12.4 Å². The summed E-state index contributed by atoms with van der Waals surface area (Å²) in [6, 6.07) is 13.7. The first-order chi connectivity index (χ1) is 13.0. The van der Waals surface area contributed by atoms with Gasteiger partial charge in [-0.3, -0.25) is 14.5 Å². The molecule has 1 saturated heterocycles. The van der Waals surface area contributed by atoms with Crippen molar-refractivity contribution in [1.29, 1.82) is 0 Å². The first-order valence-electron chi connectivity index (χ1n) is 8.01. The maximum Gasteiger partial charge on any atom is 0.293 e. The third kappa shape index (κ3) is 5.03. The summed E-state index contributed by atoms with van der Waals surface area (Å²) in [5, 5.41) is -0.275. The van der Waals surface area contributed by atoms with Crippen LogP contribution in [0.15, 0.2) is 64.5 Å². The lowest BCUT2D eigenvalue weighted by Gasteiger charge is -2.09. The van der Waals surface area contributed by atoms with Crippen LogP contribution in [0.25, 0.3) is 6.08 Å². The predicted molar refractivity (Wildman–Crippen MR) is 121 cm³/mol. The van der Waals surface area contributed by atoms with Crippen LogP contribution in [0.2, 0.25) is 0 Å². The minimum atomic E-state index is -0.292. The SMILES string of the molecule is C=CCN1C(=O)S/C(=C/c2ccc(OCc3ccc(I)cc3)c(Br)c2)C1=O. The van der Waals surface area contributed by atoms with Crippen molar-refractivity contribution >= 4 is 67.5 Å². The largest absolute Gasteiger partial charge is 0.488 e. The van der Waals surface area contributed by atoms with Crippen molar-refractivity contribution < 1.29 is 14.3 Å². The molecule has 1 heterocycles. The van der Waals surface area contributed by atoms with Gasteiger partial charge in [0, 0.05) is 10.1 Å². The second kappa shape index (κ2) is 9.07. The molecule has 0 atom stereocenters. The average molecular weight is 556 g/mol. The lowest BCUT2D eigenvalue weighted by atomic mass is 10.2. The van der Waals surface area contributed by atoms with Gasteiger partial charge in [-0.05, 0) is 91.8 Å². The van der Waals surface area contributed by atoms with E-state index >= 15 is 0 Å². The molecule has 2 aromatic rings. The first kappa shape index (κ1) is 20.2. The molecule has 0 unspecified atom stereocenters. The molecular weight excluding hydrogens is 541 g/mol. The zero-order valence-electron chi connectivity index (χ0n) is 14.2. The number of carbonyl (C=O) groups is 2. The van der Waals surface area contributed by atoms with Crippen molar-refractivity contribution in [1.82, 2.24) is 4.90 Å². The van der Waals surface area contributed by atoms with Crippen molar-refractivity contribution in [3.05, 3.63) is 79.2 Å². The van der Waals surface area contributed by atoms with Crippen molar-refractivity contribution in [2.45, 2.75) is 6.61 Å². The zero-order chi connectivity index (χ0) is 19.4. The summed E-state index contributed by atoms with van der Waals surface area (Å²) in [6.07, 6.45) is 3.25. The standard InChI is InChI=1S/C20H15BrINO3S/c1-2-9-23-19(24)18(27-20(23)25)11-14-5-8-17(16(21)10-14)26-12-13-3-6-15(22)7-4-13/h2-8,10-11H,1,9,12H2/b18-11+. The molecule has 0 N–H and O–H groups in total. The van der Waals surface area contributed by atoms with Gasteiger partial charge in [0.15, 0.2) is 0 Å². The Morgan fingerprint density at radius 1 is 1.19 bits per heavy atom. The fourth-order valence-electron chi connectivity index (χ4n) is 2.40. The van der Waals surface area contributed by atoms with Gasteiger partial charge >= 0.3 is 0 Å². The van der Waals surface area contributed by atoms with E-state index in [0.29, 0.717) is 17.3 Å². The third-order valence-electron chi connectivity index (χ3n) is 3.75. The molecule has 0 bridgehead atoms. The maximum absolute atomic E-state index is 12.3. The number of amides is 2. The van der Waals surface area contributed by atoms with Crippen molar-refractivity contribution in [3.8, 4) is 5.75 Å². The van der Waals surface area contributed by atoms with Crippen LogP contribution in [-0.4, -0.2) is 22.6 Å². The Balaban J connectivity index is 1.71. The van der Waals surface area contributed by atoms with E-state index in [0.717, 1.165) is 27.4 Å². The number of nitrogens with zero attached hydrogens (tertiary/aromatic N) is 1. The number of rotatable bonds is 6. The fourth-order valence-corrected chi connectivity index (χ4v) is 4.12. The molecule has 3 rings (SSSR count). The summed E-state index contributed by atoms with van der Waals surface area (Å²) in [5.74, 6) is 0.422. The predicted octanol–water partition coefficient (Wildman–Crippen LogP) is 5.86. The van der Waals surface area contributed by atoms with Crippen molar-refractivity contribution in [3.63, 3.8) is 0 Å². The molecule has 1 aliphatic rings. The Bertz CT molecular complexity index is 927. The second-order valence-corrected chi connectivity index (χ2v) is 8.78. The molecule has 2 aromatic carbocycles. The minimum Gasteiger partial charge on any atom is -0.488 e. The molecule has 0 spiro atoms. The lowest BCUT2D eigenvalue weighted by molar-refractivity contribution is -0.122. The molecule has 2 amide bonds. The van der Waals surface area contributed by atoms with Gasteiger partial charge in [-0.1, -0.05) is 24.3 Å². The van der Waals surface area contributed by atoms with Gasteiger partial charge < -0.3 is 4.74 Å². The minimum absolute atomic E-state index is 0.219. The Labute approximate surface area is 183 Å². The number of hydrogen-bond donors (Lipinski definition) is 0.